The minimum atomic E-state index is -0.0348. The highest BCUT2D eigenvalue weighted by Crippen LogP contribution is 2.20. The summed E-state index contributed by atoms with van der Waals surface area (Å²) in [5, 5.41) is 12.8. The van der Waals surface area contributed by atoms with Crippen molar-refractivity contribution in [3.05, 3.63) is 33.1 Å². The molecule has 140 valence electrons. The van der Waals surface area contributed by atoms with Gasteiger partial charge in [-0.3, -0.25) is 9.59 Å². The molecule has 0 radical (unpaired) electrons. The molecule has 0 unspecified atom stereocenters. The van der Waals surface area contributed by atoms with Gasteiger partial charge in [0.2, 0.25) is 11.8 Å². The zero-order chi connectivity index (χ0) is 18.5. The van der Waals surface area contributed by atoms with E-state index in [4.69, 9.17) is 16.1 Å². The van der Waals surface area contributed by atoms with Crippen LogP contribution in [0.5, 0.6) is 0 Å². The lowest BCUT2D eigenvalue weighted by atomic mass is 10.2. The van der Waals surface area contributed by atoms with Crippen molar-refractivity contribution in [2.24, 2.45) is 0 Å². The number of amides is 2. The molecular weight excluding hydrogens is 376 g/mol. The first-order chi connectivity index (χ1) is 12.5. The molecule has 0 saturated heterocycles. The molecule has 26 heavy (non-hydrogen) atoms. The Bertz CT molecular complexity index is 776. The average molecular weight is 397 g/mol. The lowest BCUT2D eigenvalue weighted by Crippen LogP contribution is -2.37. The Hall–Kier alpha value is -1.93. The van der Waals surface area contributed by atoms with Gasteiger partial charge in [0.1, 0.15) is 5.76 Å². The standard InChI is InChI=1S/C17H21ClN4O3S/c1-10-19-13(9-26-10)7-17(24)21-12-3-2-11(6-12)20-16(23)5-4-14-8-15(18)22-25-14/h8-9,11-12H,2-7H2,1H3,(H,20,23)(H,21,24)/t11-,12+/m1/s1. The molecule has 3 rings (SSSR count). The minimum absolute atomic E-state index is 0.0190. The number of hydrogen-bond acceptors (Lipinski definition) is 6. The van der Waals surface area contributed by atoms with Crippen LogP contribution < -0.4 is 10.6 Å². The van der Waals surface area contributed by atoms with Gasteiger partial charge < -0.3 is 15.2 Å². The van der Waals surface area contributed by atoms with Crippen molar-refractivity contribution in [1.82, 2.24) is 20.8 Å². The van der Waals surface area contributed by atoms with Gasteiger partial charge in [0.15, 0.2) is 5.15 Å². The monoisotopic (exact) mass is 396 g/mol. The number of nitrogens with one attached hydrogen (secondary N) is 2. The summed E-state index contributed by atoms with van der Waals surface area (Å²) in [6.45, 7) is 1.92. The fraction of sp³-hybridized carbons (Fsp3) is 0.529. The van der Waals surface area contributed by atoms with Gasteiger partial charge in [-0.05, 0) is 26.2 Å². The zero-order valence-electron chi connectivity index (χ0n) is 14.5. The van der Waals surface area contributed by atoms with Crippen molar-refractivity contribution < 1.29 is 14.1 Å². The summed E-state index contributed by atoms with van der Waals surface area (Å²) >= 11 is 7.22. The van der Waals surface area contributed by atoms with Crippen LogP contribution in [0, 0.1) is 6.92 Å². The molecule has 1 aliphatic carbocycles. The van der Waals surface area contributed by atoms with E-state index in [0.717, 1.165) is 30.0 Å². The summed E-state index contributed by atoms with van der Waals surface area (Å²) in [6, 6.07) is 1.80. The van der Waals surface area contributed by atoms with Crippen molar-refractivity contribution in [3.8, 4) is 0 Å². The first-order valence-electron chi connectivity index (χ1n) is 8.59. The Morgan fingerprint density at radius 2 is 2.04 bits per heavy atom. The summed E-state index contributed by atoms with van der Waals surface area (Å²) in [6.07, 6.45) is 3.57. The number of halogens is 1. The number of thiazole rings is 1. The van der Waals surface area contributed by atoms with Gasteiger partial charge in [0, 0.05) is 36.4 Å². The van der Waals surface area contributed by atoms with Gasteiger partial charge in [0.05, 0.1) is 17.1 Å². The molecule has 2 heterocycles. The molecule has 2 amide bonds. The van der Waals surface area contributed by atoms with Crippen LogP contribution in [-0.4, -0.2) is 34.0 Å². The largest absolute Gasteiger partial charge is 0.360 e. The van der Waals surface area contributed by atoms with Gasteiger partial charge in [-0.2, -0.15) is 0 Å². The van der Waals surface area contributed by atoms with Gasteiger partial charge >= 0.3 is 0 Å². The van der Waals surface area contributed by atoms with Crippen LogP contribution in [0.2, 0.25) is 5.15 Å². The average Bonchev–Trinajstić information content (AvgIpc) is 3.29. The molecule has 2 aromatic rings. The Labute approximate surface area is 160 Å². The predicted octanol–water partition coefficient (Wildman–Crippen LogP) is 2.42. The van der Waals surface area contributed by atoms with E-state index in [1.54, 1.807) is 17.4 Å². The molecule has 2 atom stereocenters. The van der Waals surface area contributed by atoms with Crippen LogP contribution in [0.1, 0.15) is 42.1 Å². The minimum Gasteiger partial charge on any atom is -0.360 e. The zero-order valence-corrected chi connectivity index (χ0v) is 16.0. The lowest BCUT2D eigenvalue weighted by molar-refractivity contribution is -0.122. The quantitative estimate of drug-likeness (QED) is 0.749. The van der Waals surface area contributed by atoms with E-state index in [9.17, 15) is 9.59 Å². The highest BCUT2D eigenvalue weighted by atomic mass is 35.5. The number of carbonyl (C=O) groups is 2. The predicted molar refractivity (Wildman–Crippen MR) is 98.1 cm³/mol. The van der Waals surface area contributed by atoms with Crippen molar-refractivity contribution in [3.63, 3.8) is 0 Å². The lowest BCUT2D eigenvalue weighted by Gasteiger charge is -2.14. The van der Waals surface area contributed by atoms with Crippen LogP contribution in [0.15, 0.2) is 16.0 Å². The van der Waals surface area contributed by atoms with E-state index < -0.39 is 0 Å². The SMILES string of the molecule is Cc1nc(CC(=O)N[C@H]2CC[C@@H](NC(=O)CCc3cc(Cl)no3)C2)cs1. The van der Waals surface area contributed by atoms with Crippen molar-refractivity contribution in [2.75, 3.05) is 0 Å². The van der Waals surface area contributed by atoms with E-state index in [-0.39, 0.29) is 23.9 Å². The molecule has 0 spiro atoms. The van der Waals surface area contributed by atoms with Crippen LogP contribution in [0.3, 0.4) is 0 Å². The Kier molecular flexibility index (Phi) is 6.26. The molecule has 7 nitrogen and oxygen atoms in total. The fourth-order valence-corrected chi connectivity index (χ4v) is 3.89. The van der Waals surface area contributed by atoms with Gasteiger partial charge in [0.25, 0.3) is 0 Å². The molecule has 1 aliphatic rings. The van der Waals surface area contributed by atoms with Crippen LogP contribution in [0.25, 0.3) is 0 Å². The topological polar surface area (TPSA) is 97.1 Å². The van der Waals surface area contributed by atoms with Crippen LogP contribution in [0.4, 0.5) is 0 Å². The van der Waals surface area contributed by atoms with Gasteiger partial charge in [-0.15, -0.1) is 11.3 Å². The Morgan fingerprint density at radius 3 is 2.65 bits per heavy atom. The molecule has 1 saturated carbocycles. The van der Waals surface area contributed by atoms with Crippen LogP contribution >= 0.6 is 22.9 Å². The maximum Gasteiger partial charge on any atom is 0.226 e. The van der Waals surface area contributed by atoms with E-state index in [1.807, 2.05) is 12.3 Å². The number of nitrogens with zero attached hydrogens (tertiary/aromatic N) is 2. The van der Waals surface area contributed by atoms with Gasteiger partial charge in [-0.1, -0.05) is 16.8 Å². The van der Waals surface area contributed by atoms with Crippen molar-refractivity contribution >= 4 is 34.8 Å². The third-order valence-corrected chi connectivity index (χ3v) is 5.30. The maximum atomic E-state index is 12.1. The molecule has 0 bridgehead atoms. The van der Waals surface area contributed by atoms with Crippen LogP contribution in [-0.2, 0) is 22.4 Å². The van der Waals surface area contributed by atoms with Gasteiger partial charge in [-0.25, -0.2) is 4.98 Å². The maximum absolute atomic E-state index is 12.1. The second kappa shape index (κ2) is 8.64. The first-order valence-corrected chi connectivity index (χ1v) is 9.84. The second-order valence-electron chi connectivity index (χ2n) is 6.49. The third-order valence-electron chi connectivity index (χ3n) is 4.30. The Morgan fingerprint density at radius 1 is 1.31 bits per heavy atom. The van der Waals surface area contributed by atoms with E-state index in [1.165, 1.54) is 0 Å². The fourth-order valence-electron chi connectivity index (χ4n) is 3.12. The molecule has 2 N–H and O–H groups in total. The highest BCUT2D eigenvalue weighted by Gasteiger charge is 2.27. The normalized spacial score (nSPS) is 19.5. The number of hydrogen-bond donors (Lipinski definition) is 2. The van der Waals surface area contributed by atoms with E-state index >= 15 is 0 Å². The summed E-state index contributed by atoms with van der Waals surface area (Å²) in [5.41, 5.74) is 0.806. The number of aryl methyl sites for hydroxylation is 2. The smallest absolute Gasteiger partial charge is 0.226 e. The summed E-state index contributed by atoms with van der Waals surface area (Å²) in [7, 11) is 0. The Balaban J connectivity index is 1.36. The number of carbonyl (C=O) groups excluding carboxylic acids is 2. The summed E-state index contributed by atoms with van der Waals surface area (Å²) < 4.78 is 4.98. The summed E-state index contributed by atoms with van der Waals surface area (Å²) in [5.74, 6) is 0.543. The van der Waals surface area contributed by atoms with Crippen molar-refractivity contribution in [2.45, 2.75) is 57.5 Å². The summed E-state index contributed by atoms with van der Waals surface area (Å²) in [4.78, 5) is 28.5. The van der Waals surface area contributed by atoms with E-state index in [2.05, 4.69) is 20.8 Å². The molecule has 9 heteroatoms. The second-order valence-corrected chi connectivity index (χ2v) is 7.94. The molecule has 0 aromatic carbocycles. The number of rotatable bonds is 7. The number of aromatic nitrogens is 2. The molecule has 0 aliphatic heterocycles. The third kappa shape index (κ3) is 5.54. The first kappa shape index (κ1) is 18.8. The van der Waals surface area contributed by atoms with Crippen molar-refractivity contribution in [1.29, 1.82) is 0 Å². The van der Waals surface area contributed by atoms with E-state index in [0.29, 0.717) is 30.2 Å². The molecule has 2 aromatic heterocycles. The molecule has 1 fully saturated rings. The molecular formula is C17H21ClN4O3S. The highest BCUT2D eigenvalue weighted by molar-refractivity contribution is 7.09.